The van der Waals surface area contributed by atoms with E-state index in [2.05, 4.69) is 95.1 Å². The summed E-state index contributed by atoms with van der Waals surface area (Å²) in [5, 5.41) is 33.5. The number of aliphatic hydroxyl groups excluding tert-OH is 1. The van der Waals surface area contributed by atoms with Gasteiger partial charge in [-0.3, -0.25) is 10.1 Å². The number of anilines is 11. The minimum Gasteiger partial charge on any atom is -0.400 e. The van der Waals surface area contributed by atoms with Gasteiger partial charge in [-0.25, -0.2) is 9.97 Å². The van der Waals surface area contributed by atoms with Gasteiger partial charge in [0, 0.05) is 85.8 Å². The molecule has 0 amide bonds. The Bertz CT molecular complexity index is 3140. The summed E-state index contributed by atoms with van der Waals surface area (Å²) in [5.74, 6) is 1.91. The zero-order valence-corrected chi connectivity index (χ0v) is 48.4. The van der Waals surface area contributed by atoms with E-state index in [1.807, 2.05) is 72.8 Å². The Morgan fingerprint density at radius 3 is 1.40 bits per heavy atom. The van der Waals surface area contributed by atoms with E-state index in [9.17, 15) is 19.2 Å². The Morgan fingerprint density at radius 1 is 0.603 bits per heavy atom. The predicted molar refractivity (Wildman–Crippen MR) is 322 cm³/mol. The number of benzene rings is 4. The fourth-order valence-electron chi connectivity index (χ4n) is 11.4. The summed E-state index contributed by atoms with van der Waals surface area (Å²) in [6.45, 7) is 10.8. The van der Waals surface area contributed by atoms with Crippen LogP contribution in [-0.2, 0) is 9.13 Å². The molecule has 0 bridgehead atoms. The SMILES string of the molecule is CN(C)C1CC2(CCN(c3ccc(Nc4nccc(Nc5ccccc5P(C)(C)=O)n4)cc3N)CC2)C1.CN(C)C1CC2(CCN(c3ccc(Nc4nccc(Nc5ccccc5P(C)(C)=O)n4)cc3[N+](=O)[O-])CC2)C1.CO. The highest BCUT2D eigenvalue weighted by atomic mass is 31.2. The Kier molecular flexibility index (Phi) is 17.8. The molecule has 2 saturated heterocycles. The summed E-state index contributed by atoms with van der Waals surface area (Å²) < 4.78 is 25.4. The number of aromatic nitrogens is 4. The standard InChI is InChI=1S/C28H36N7O3P.C28H38N7OP.CH4O/c1-33(2)21-18-28(19-21)12-15-34(16-13-28)23-10-9-20(17-24(23)35(36)37)30-27-29-14-11-26(32-27)31-22-7-5-6-8-25(22)39(3,4)38;1-34(2)21-18-28(19-21)12-15-35(16-13-28)24-10-9-20(17-22(24)29)31-27-30-14-11-26(33-27)32-23-7-5-6-8-25(23)37(3,4)36;1-2/h5-11,14,17,21H,12-13,15-16,18-19H2,1-4H3,(H2,29,30,31,32);5-11,14,17,21H,12-13,15-16,18-19,29H2,1-4H3,(H2,30,31,32,33);2H,1H3. The van der Waals surface area contributed by atoms with Crippen molar-refractivity contribution in [2.45, 2.75) is 63.5 Å². The molecule has 0 unspecified atom stereocenters. The first kappa shape index (κ1) is 57.6. The summed E-state index contributed by atoms with van der Waals surface area (Å²) in [5.41, 5.74) is 12.9. The van der Waals surface area contributed by atoms with Gasteiger partial charge >= 0.3 is 0 Å². The molecule has 0 radical (unpaired) electrons. The van der Waals surface area contributed by atoms with Crippen LogP contribution in [0.3, 0.4) is 0 Å². The highest BCUT2D eigenvalue weighted by molar-refractivity contribution is 7.70. The summed E-state index contributed by atoms with van der Waals surface area (Å²) >= 11 is 0. The van der Waals surface area contributed by atoms with Gasteiger partial charge in [-0.2, -0.15) is 9.97 Å². The lowest BCUT2D eigenvalue weighted by Crippen LogP contribution is -2.53. The Balaban J connectivity index is 0.000000200. The number of nitro groups is 1. The Labute approximate surface area is 459 Å². The number of rotatable bonds is 15. The molecular formula is C57H78N14O5P2. The van der Waals surface area contributed by atoms with Crippen LogP contribution in [0, 0.1) is 20.9 Å². The second kappa shape index (κ2) is 24.2. The molecule has 78 heavy (non-hydrogen) atoms. The van der Waals surface area contributed by atoms with Crippen molar-refractivity contribution >= 4 is 93.9 Å². The van der Waals surface area contributed by atoms with Crippen LogP contribution in [-0.4, -0.2) is 140 Å². The third kappa shape index (κ3) is 13.8. The van der Waals surface area contributed by atoms with E-state index in [4.69, 9.17) is 10.8 Å². The van der Waals surface area contributed by atoms with E-state index in [-0.39, 0.29) is 10.6 Å². The molecule has 2 aliphatic heterocycles. The molecule has 4 aliphatic rings. The highest BCUT2D eigenvalue weighted by Crippen LogP contribution is 2.53. The van der Waals surface area contributed by atoms with Crippen LogP contribution in [0.1, 0.15) is 51.4 Å². The minimum atomic E-state index is -2.50. The monoisotopic (exact) mass is 1100 g/mol. The largest absolute Gasteiger partial charge is 0.400 e. The van der Waals surface area contributed by atoms with Crippen molar-refractivity contribution in [3.05, 3.63) is 120 Å². The van der Waals surface area contributed by atoms with Gasteiger partial charge in [-0.15, -0.1) is 0 Å². The maximum atomic E-state index is 12.7. The topological polar surface area (TPSA) is 236 Å². The van der Waals surface area contributed by atoms with E-state index in [1.165, 1.54) is 38.5 Å². The maximum absolute atomic E-state index is 12.7. The first-order valence-corrected chi connectivity index (χ1v) is 31.8. The lowest BCUT2D eigenvalue weighted by molar-refractivity contribution is -0.384. The molecule has 416 valence electrons. The van der Waals surface area contributed by atoms with Crippen LogP contribution in [0.5, 0.6) is 0 Å². The van der Waals surface area contributed by atoms with Gasteiger partial charge in [0.15, 0.2) is 0 Å². The smallest absolute Gasteiger partial charge is 0.294 e. The first-order valence-electron chi connectivity index (χ1n) is 26.6. The summed E-state index contributed by atoms with van der Waals surface area (Å²) in [6, 6.07) is 31.3. The minimum absolute atomic E-state index is 0.0700. The quantitative estimate of drug-likeness (QED) is 0.0243. The number of nitrogens with two attached hydrogens (primary N) is 1. The number of hydrogen-bond acceptors (Lipinski definition) is 18. The van der Waals surface area contributed by atoms with Crippen LogP contribution in [0.15, 0.2) is 109 Å². The summed E-state index contributed by atoms with van der Waals surface area (Å²) in [6.07, 6.45) is 13.0. The van der Waals surface area contributed by atoms with Crippen molar-refractivity contribution in [3.63, 3.8) is 0 Å². The molecule has 0 atom stereocenters. The number of nitrogens with one attached hydrogen (secondary N) is 4. The number of hydrogen-bond donors (Lipinski definition) is 6. The maximum Gasteiger partial charge on any atom is 0.294 e. The summed E-state index contributed by atoms with van der Waals surface area (Å²) in [7, 11) is 4.73. The van der Waals surface area contributed by atoms with Crippen LogP contribution in [0.25, 0.3) is 0 Å². The Hall–Kier alpha value is -6.62. The van der Waals surface area contributed by atoms with Gasteiger partial charge < -0.3 is 60.8 Å². The van der Waals surface area contributed by atoms with Gasteiger partial charge in [-0.05, 0) is 184 Å². The molecule has 2 aromatic heterocycles. The van der Waals surface area contributed by atoms with Crippen molar-refractivity contribution in [3.8, 4) is 0 Å². The van der Waals surface area contributed by atoms with Crippen molar-refractivity contribution < 1.29 is 19.2 Å². The molecule has 6 aromatic rings. The zero-order valence-electron chi connectivity index (χ0n) is 46.6. The Morgan fingerprint density at radius 2 is 1.00 bits per heavy atom. The number of nitrogen functional groups attached to an aromatic ring is 1. The third-order valence-corrected chi connectivity index (χ3v) is 19.1. The van der Waals surface area contributed by atoms with Gasteiger partial charge in [0.2, 0.25) is 11.9 Å². The van der Waals surface area contributed by atoms with Gasteiger partial charge in [0.1, 0.15) is 31.6 Å². The lowest BCUT2D eigenvalue weighted by Gasteiger charge is -2.54. The van der Waals surface area contributed by atoms with Gasteiger partial charge in [0.25, 0.3) is 5.69 Å². The average Bonchev–Trinajstić information content (AvgIpc) is 3.54. The number of nitrogens with zero attached hydrogens (tertiary/aromatic N) is 9. The highest BCUT2D eigenvalue weighted by Gasteiger charge is 2.48. The molecule has 21 heteroatoms. The van der Waals surface area contributed by atoms with Crippen LogP contribution in [0.2, 0.25) is 0 Å². The van der Waals surface area contributed by atoms with Gasteiger partial charge in [0.05, 0.1) is 27.7 Å². The zero-order chi connectivity index (χ0) is 56.0. The van der Waals surface area contributed by atoms with E-state index >= 15 is 0 Å². The number of aliphatic hydroxyl groups is 1. The van der Waals surface area contributed by atoms with Crippen molar-refractivity contribution in [1.82, 2.24) is 29.7 Å². The molecule has 2 aliphatic carbocycles. The molecule has 4 fully saturated rings. The van der Waals surface area contributed by atoms with E-state index < -0.39 is 14.3 Å². The lowest BCUT2D eigenvalue weighted by atomic mass is 9.60. The van der Waals surface area contributed by atoms with Crippen LogP contribution >= 0.6 is 14.3 Å². The van der Waals surface area contributed by atoms with Crippen molar-refractivity contribution in [1.29, 1.82) is 0 Å². The number of para-hydroxylation sites is 2. The normalized spacial score (nSPS) is 17.7. The first-order chi connectivity index (χ1) is 37.1. The second-order valence-corrected chi connectivity index (χ2v) is 28.9. The second-order valence-electron chi connectivity index (χ2n) is 22.5. The summed E-state index contributed by atoms with van der Waals surface area (Å²) in [4.78, 5) is 38.7. The number of piperidine rings is 2. The van der Waals surface area contributed by atoms with Crippen molar-refractivity contribution in [2.24, 2.45) is 10.8 Å². The molecular weight excluding hydrogens is 1020 g/mol. The number of nitro benzene ring substituents is 1. The van der Waals surface area contributed by atoms with Crippen LogP contribution in [0.4, 0.5) is 69.0 Å². The van der Waals surface area contributed by atoms with E-state index in [0.717, 1.165) is 91.2 Å². The molecule has 4 aromatic carbocycles. The fraction of sp³-hybridized carbons (Fsp3) is 0.439. The van der Waals surface area contributed by atoms with E-state index in [0.29, 0.717) is 51.8 Å². The third-order valence-electron chi connectivity index (χ3n) is 16.0. The van der Waals surface area contributed by atoms with Crippen molar-refractivity contribution in [2.75, 3.05) is 125 Å². The molecule has 7 N–H and O–H groups in total. The molecule has 4 heterocycles. The average molecular weight is 1100 g/mol. The van der Waals surface area contributed by atoms with Gasteiger partial charge in [-0.1, -0.05) is 24.3 Å². The predicted octanol–water partition coefficient (Wildman–Crippen LogP) is 10.1. The van der Waals surface area contributed by atoms with Crippen LogP contribution < -0.4 is 47.4 Å². The van der Waals surface area contributed by atoms with E-state index in [1.54, 1.807) is 57.3 Å². The molecule has 2 spiro atoms. The molecule has 19 nitrogen and oxygen atoms in total. The molecule has 2 saturated carbocycles. The molecule has 10 rings (SSSR count). The fourth-order valence-corrected chi connectivity index (χ4v) is 13.7.